The van der Waals surface area contributed by atoms with Gasteiger partial charge in [0.05, 0.1) is 13.1 Å². The van der Waals surface area contributed by atoms with Crippen molar-refractivity contribution in [2.45, 2.75) is 12.4 Å². The Morgan fingerprint density at radius 3 is 1.15 bits per heavy atom. The van der Waals surface area contributed by atoms with E-state index in [4.69, 9.17) is 0 Å². The molecule has 0 fully saturated rings. The summed E-state index contributed by atoms with van der Waals surface area (Å²) in [5.74, 6) is 0. The van der Waals surface area contributed by atoms with E-state index < -0.39 is 36.9 Å². The van der Waals surface area contributed by atoms with Gasteiger partial charge in [-0.25, -0.2) is 0 Å². The van der Waals surface area contributed by atoms with E-state index in [2.05, 4.69) is 9.98 Å². The summed E-state index contributed by atoms with van der Waals surface area (Å²) in [6.07, 6.45) is -9.42. The van der Waals surface area contributed by atoms with Gasteiger partial charge in [-0.2, -0.15) is 26.3 Å². The number of aliphatic imine (C=N–C) groups is 2. The van der Waals surface area contributed by atoms with Crippen molar-refractivity contribution in [2.24, 2.45) is 9.98 Å². The Balaban J connectivity index is 2.21. The monoisotopic (exact) mass is 372 g/mol. The van der Waals surface area contributed by atoms with Crippen LogP contribution in [0.5, 0.6) is 0 Å². The highest BCUT2D eigenvalue weighted by atomic mass is 19.4. The van der Waals surface area contributed by atoms with Gasteiger partial charge in [-0.05, 0) is 0 Å². The van der Waals surface area contributed by atoms with Crippen LogP contribution in [0.1, 0.15) is 11.1 Å². The van der Waals surface area contributed by atoms with Crippen LogP contribution in [0.4, 0.5) is 26.3 Å². The summed E-state index contributed by atoms with van der Waals surface area (Å²) in [5.41, 5.74) is -2.57. The number of alkyl halides is 6. The smallest absolute Gasteiger partial charge is 0.278 e. The fraction of sp³-hybridized carbons (Fsp3) is 0.222. The molecule has 0 aliphatic carbocycles. The van der Waals surface area contributed by atoms with Crippen LogP contribution in [0.2, 0.25) is 0 Å². The zero-order valence-corrected chi connectivity index (χ0v) is 13.3. The molecule has 0 heterocycles. The summed E-state index contributed by atoms with van der Waals surface area (Å²) < 4.78 is 78.6. The van der Waals surface area contributed by atoms with Gasteiger partial charge in [0.2, 0.25) is 0 Å². The van der Waals surface area contributed by atoms with Gasteiger partial charge >= 0.3 is 12.4 Å². The summed E-state index contributed by atoms with van der Waals surface area (Å²) in [4.78, 5) is 6.86. The predicted octanol–water partition coefficient (Wildman–Crippen LogP) is 5.09. The van der Waals surface area contributed by atoms with Crippen LogP contribution in [0.15, 0.2) is 70.6 Å². The number of benzene rings is 2. The average Bonchev–Trinajstić information content (AvgIpc) is 2.57. The third-order valence-corrected chi connectivity index (χ3v) is 3.27. The third-order valence-electron chi connectivity index (χ3n) is 3.27. The normalized spacial score (nSPS) is 13.8. The molecule has 2 nitrogen and oxygen atoms in total. The number of hydrogen-bond donors (Lipinski definition) is 0. The third kappa shape index (κ3) is 5.44. The summed E-state index contributed by atoms with van der Waals surface area (Å²) in [6, 6.07) is 13.7. The number of hydrogen-bond acceptors (Lipinski definition) is 2. The van der Waals surface area contributed by atoms with Gasteiger partial charge in [-0.3, -0.25) is 9.98 Å². The quantitative estimate of drug-likeness (QED) is 0.397. The van der Waals surface area contributed by atoms with Crippen LogP contribution in [-0.2, 0) is 0 Å². The van der Waals surface area contributed by atoms with Gasteiger partial charge in [-0.1, -0.05) is 60.7 Å². The lowest BCUT2D eigenvalue weighted by atomic mass is 10.1. The molecule has 0 aliphatic heterocycles. The molecule has 2 aromatic rings. The molecule has 0 atom stereocenters. The van der Waals surface area contributed by atoms with Crippen LogP contribution < -0.4 is 0 Å². The van der Waals surface area contributed by atoms with Crippen LogP contribution in [0.3, 0.4) is 0 Å². The highest BCUT2D eigenvalue weighted by Gasteiger charge is 2.37. The van der Waals surface area contributed by atoms with Gasteiger partial charge in [-0.15, -0.1) is 0 Å². The highest BCUT2D eigenvalue weighted by Crippen LogP contribution is 2.24. The van der Waals surface area contributed by atoms with Gasteiger partial charge in [0.25, 0.3) is 0 Å². The summed E-state index contributed by atoms with van der Waals surface area (Å²) in [7, 11) is 0. The fourth-order valence-electron chi connectivity index (χ4n) is 2.20. The molecule has 0 bridgehead atoms. The van der Waals surface area contributed by atoms with Gasteiger partial charge in [0.15, 0.2) is 0 Å². The zero-order chi connectivity index (χ0) is 19.2. The second kappa shape index (κ2) is 8.16. The molecule has 0 aromatic heterocycles. The molecular formula is C18H14F6N2. The first kappa shape index (κ1) is 19.7. The van der Waals surface area contributed by atoms with E-state index in [1.54, 1.807) is 12.1 Å². The van der Waals surface area contributed by atoms with Crippen LogP contribution in [0, 0.1) is 0 Å². The Kier molecular flexibility index (Phi) is 6.18. The van der Waals surface area contributed by atoms with E-state index in [9.17, 15) is 26.3 Å². The molecular weight excluding hydrogens is 358 g/mol. The second-order valence-electron chi connectivity index (χ2n) is 5.19. The molecule has 26 heavy (non-hydrogen) atoms. The van der Waals surface area contributed by atoms with E-state index >= 15 is 0 Å². The predicted molar refractivity (Wildman–Crippen MR) is 87.8 cm³/mol. The Morgan fingerprint density at radius 2 is 0.885 bits per heavy atom. The Bertz CT molecular complexity index is 694. The molecule has 0 radical (unpaired) electrons. The van der Waals surface area contributed by atoms with E-state index in [0.29, 0.717) is 0 Å². The maximum absolute atomic E-state index is 13.1. The molecule has 2 rings (SSSR count). The molecule has 0 aliphatic rings. The van der Waals surface area contributed by atoms with Crippen LogP contribution in [-0.4, -0.2) is 36.9 Å². The zero-order valence-electron chi connectivity index (χ0n) is 13.3. The molecule has 0 unspecified atom stereocenters. The number of halogens is 6. The van der Waals surface area contributed by atoms with E-state index in [0.717, 1.165) is 0 Å². The maximum atomic E-state index is 13.1. The largest absolute Gasteiger partial charge is 0.433 e. The summed E-state index contributed by atoms with van der Waals surface area (Å²) >= 11 is 0. The minimum absolute atomic E-state index is 0.150. The molecule has 0 amide bonds. The van der Waals surface area contributed by atoms with E-state index in [1.807, 2.05) is 0 Å². The Labute approximate surface area is 145 Å². The number of rotatable bonds is 5. The minimum Gasteiger partial charge on any atom is -0.278 e. The molecule has 8 heteroatoms. The standard InChI is InChI=1S/C18H14F6N2/c19-17(20,21)15(13-7-3-1-4-8-13)25-11-12-26-16(18(22,23)24)14-9-5-2-6-10-14/h1-10H,11-12H2. The van der Waals surface area contributed by atoms with Crippen molar-refractivity contribution < 1.29 is 26.3 Å². The first-order valence-electron chi connectivity index (χ1n) is 7.53. The van der Waals surface area contributed by atoms with Gasteiger partial charge < -0.3 is 0 Å². The Hall–Kier alpha value is -2.64. The fourth-order valence-corrected chi connectivity index (χ4v) is 2.20. The van der Waals surface area contributed by atoms with E-state index in [-0.39, 0.29) is 11.1 Å². The molecule has 0 spiro atoms. The van der Waals surface area contributed by atoms with Crippen molar-refractivity contribution in [3.8, 4) is 0 Å². The summed E-state index contributed by atoms with van der Waals surface area (Å²) in [5, 5.41) is 0. The van der Waals surface area contributed by atoms with Gasteiger partial charge in [0, 0.05) is 11.1 Å². The van der Waals surface area contributed by atoms with Crippen molar-refractivity contribution in [1.29, 1.82) is 0 Å². The number of nitrogens with zero attached hydrogens (tertiary/aromatic N) is 2. The minimum atomic E-state index is -4.71. The van der Waals surface area contributed by atoms with Crippen LogP contribution >= 0.6 is 0 Å². The van der Waals surface area contributed by atoms with Crippen molar-refractivity contribution in [3.63, 3.8) is 0 Å². The van der Waals surface area contributed by atoms with Crippen LogP contribution in [0.25, 0.3) is 0 Å². The lowest BCUT2D eigenvalue weighted by Gasteiger charge is -2.12. The lowest BCUT2D eigenvalue weighted by Crippen LogP contribution is -2.26. The average molecular weight is 372 g/mol. The molecule has 0 N–H and O–H groups in total. The lowest BCUT2D eigenvalue weighted by molar-refractivity contribution is -0.0593. The Morgan fingerprint density at radius 1 is 0.577 bits per heavy atom. The maximum Gasteiger partial charge on any atom is 0.433 e. The molecule has 0 saturated heterocycles. The topological polar surface area (TPSA) is 24.7 Å². The summed E-state index contributed by atoms with van der Waals surface area (Å²) in [6.45, 7) is -1.04. The molecule has 0 saturated carbocycles. The molecule has 2 aromatic carbocycles. The van der Waals surface area contributed by atoms with E-state index in [1.165, 1.54) is 48.5 Å². The molecule has 138 valence electrons. The van der Waals surface area contributed by atoms with Gasteiger partial charge in [0.1, 0.15) is 11.4 Å². The van der Waals surface area contributed by atoms with Crippen molar-refractivity contribution in [2.75, 3.05) is 13.1 Å². The first-order chi connectivity index (χ1) is 12.2. The first-order valence-corrected chi connectivity index (χ1v) is 7.53. The van der Waals surface area contributed by atoms with Crippen molar-refractivity contribution >= 4 is 11.4 Å². The van der Waals surface area contributed by atoms with Crippen molar-refractivity contribution in [3.05, 3.63) is 71.8 Å². The highest BCUT2D eigenvalue weighted by molar-refractivity contribution is 6.05. The SMILES string of the molecule is FC(F)(F)C(=NCCN=C(c1ccccc1)C(F)(F)F)c1ccccc1. The second-order valence-corrected chi connectivity index (χ2v) is 5.19. The van der Waals surface area contributed by atoms with Crippen molar-refractivity contribution in [1.82, 2.24) is 0 Å².